The number of carbonyl (C=O) groups excluding carboxylic acids is 2. The maximum absolute atomic E-state index is 12.2. The van der Waals surface area contributed by atoms with E-state index in [1.807, 2.05) is 13.8 Å². The molecule has 1 aromatic heterocycles. The van der Waals surface area contributed by atoms with Crippen LogP contribution >= 0.6 is 11.3 Å². The topological polar surface area (TPSA) is 95.5 Å². The van der Waals surface area contributed by atoms with E-state index in [2.05, 4.69) is 10.9 Å². The molecule has 0 aromatic carbocycles. The van der Waals surface area contributed by atoms with E-state index in [0.717, 1.165) is 16.9 Å². The fourth-order valence-electron chi connectivity index (χ4n) is 2.63. The number of carboxylic acid groups (broad SMARTS) is 1. The second-order valence-corrected chi connectivity index (χ2v) is 6.64. The Balaban J connectivity index is 1.96. The van der Waals surface area contributed by atoms with Crippen LogP contribution in [-0.2, 0) is 16.0 Å². The fourth-order valence-corrected chi connectivity index (χ4v) is 3.64. The van der Waals surface area contributed by atoms with Crippen molar-refractivity contribution in [2.24, 2.45) is 11.8 Å². The molecule has 124 valence electrons. The number of allylic oxidation sites excluding steroid dienone is 2. The molecule has 0 unspecified atom stereocenters. The number of rotatable bonds is 4. The number of amides is 2. The Morgan fingerprint density at radius 3 is 2.43 bits per heavy atom. The van der Waals surface area contributed by atoms with Crippen molar-refractivity contribution < 1.29 is 19.5 Å². The molecular formula is C16H20N2O4S. The molecule has 1 aromatic rings. The van der Waals surface area contributed by atoms with Crippen LogP contribution in [0.1, 0.15) is 39.9 Å². The minimum Gasteiger partial charge on any atom is -0.481 e. The zero-order valence-electron chi connectivity index (χ0n) is 13.1. The van der Waals surface area contributed by atoms with E-state index in [0.29, 0.717) is 17.7 Å². The summed E-state index contributed by atoms with van der Waals surface area (Å²) in [5, 5.41) is 9.17. The third kappa shape index (κ3) is 3.98. The lowest BCUT2D eigenvalue weighted by Crippen LogP contribution is -2.47. The maximum atomic E-state index is 12.2. The number of hydrogen-bond donors (Lipinski definition) is 3. The number of aryl methyl sites for hydroxylation is 2. The lowest BCUT2D eigenvalue weighted by Gasteiger charge is -2.24. The molecule has 0 fully saturated rings. The van der Waals surface area contributed by atoms with Gasteiger partial charge in [0.1, 0.15) is 0 Å². The number of hydrogen-bond acceptors (Lipinski definition) is 4. The summed E-state index contributed by atoms with van der Waals surface area (Å²) in [6.07, 6.45) is 5.09. The minimum atomic E-state index is -0.998. The van der Waals surface area contributed by atoms with Gasteiger partial charge in [0.15, 0.2) is 0 Å². The van der Waals surface area contributed by atoms with Crippen molar-refractivity contribution in [2.75, 3.05) is 0 Å². The van der Waals surface area contributed by atoms with Crippen LogP contribution < -0.4 is 10.9 Å². The van der Waals surface area contributed by atoms with Gasteiger partial charge in [-0.1, -0.05) is 19.1 Å². The van der Waals surface area contributed by atoms with E-state index in [9.17, 15) is 19.5 Å². The SMILES string of the molecule is CCc1sc(C(=O)NNC(=O)[C@@H]2CC=CC[C@@H]2C(=O)O)cc1C. The Morgan fingerprint density at radius 1 is 1.22 bits per heavy atom. The van der Waals surface area contributed by atoms with Gasteiger partial charge in [-0.3, -0.25) is 25.2 Å². The van der Waals surface area contributed by atoms with Crippen LogP contribution in [-0.4, -0.2) is 22.9 Å². The highest BCUT2D eigenvalue weighted by Crippen LogP contribution is 2.26. The summed E-state index contributed by atoms with van der Waals surface area (Å²) in [5.41, 5.74) is 5.78. The third-order valence-electron chi connectivity index (χ3n) is 3.95. The first-order valence-corrected chi connectivity index (χ1v) is 8.33. The summed E-state index contributed by atoms with van der Waals surface area (Å²) in [7, 11) is 0. The van der Waals surface area contributed by atoms with Crippen molar-refractivity contribution >= 4 is 29.1 Å². The molecule has 2 atom stereocenters. The minimum absolute atomic E-state index is 0.325. The van der Waals surface area contributed by atoms with Crippen LogP contribution in [0.25, 0.3) is 0 Å². The molecule has 0 radical (unpaired) electrons. The lowest BCUT2D eigenvalue weighted by molar-refractivity contribution is -0.147. The highest BCUT2D eigenvalue weighted by molar-refractivity contribution is 7.14. The normalized spacial score (nSPS) is 20.1. The highest BCUT2D eigenvalue weighted by atomic mass is 32.1. The lowest BCUT2D eigenvalue weighted by atomic mass is 9.82. The molecule has 2 amide bonds. The summed E-state index contributed by atoms with van der Waals surface area (Å²) in [4.78, 5) is 37.1. The van der Waals surface area contributed by atoms with Crippen LogP contribution in [0.5, 0.6) is 0 Å². The molecule has 23 heavy (non-hydrogen) atoms. The van der Waals surface area contributed by atoms with Crippen LogP contribution in [0, 0.1) is 18.8 Å². The molecule has 0 saturated carbocycles. The quantitative estimate of drug-likeness (QED) is 0.579. The van der Waals surface area contributed by atoms with E-state index < -0.39 is 23.7 Å². The summed E-state index contributed by atoms with van der Waals surface area (Å²) >= 11 is 1.39. The predicted octanol–water partition coefficient (Wildman–Crippen LogP) is 2.05. The van der Waals surface area contributed by atoms with Gasteiger partial charge < -0.3 is 5.11 Å². The number of carboxylic acids is 1. The van der Waals surface area contributed by atoms with E-state index in [1.165, 1.54) is 11.3 Å². The first-order valence-electron chi connectivity index (χ1n) is 7.51. The number of thiophene rings is 1. The average Bonchev–Trinajstić information content (AvgIpc) is 2.93. The van der Waals surface area contributed by atoms with Crippen molar-refractivity contribution in [1.82, 2.24) is 10.9 Å². The number of hydrazine groups is 1. The number of carbonyl (C=O) groups is 3. The van der Waals surface area contributed by atoms with Gasteiger partial charge in [0.05, 0.1) is 16.7 Å². The zero-order valence-corrected chi connectivity index (χ0v) is 13.9. The average molecular weight is 336 g/mol. The maximum Gasteiger partial charge on any atom is 0.307 e. The van der Waals surface area contributed by atoms with Gasteiger partial charge >= 0.3 is 5.97 Å². The monoisotopic (exact) mass is 336 g/mol. The fraction of sp³-hybridized carbons (Fsp3) is 0.438. The van der Waals surface area contributed by atoms with Crippen molar-refractivity contribution in [1.29, 1.82) is 0 Å². The number of nitrogens with one attached hydrogen (secondary N) is 2. The third-order valence-corrected chi connectivity index (χ3v) is 5.33. The first-order chi connectivity index (χ1) is 10.9. The smallest absolute Gasteiger partial charge is 0.307 e. The molecule has 6 nitrogen and oxygen atoms in total. The van der Waals surface area contributed by atoms with Crippen LogP contribution in [0.2, 0.25) is 0 Å². The van der Waals surface area contributed by atoms with E-state index >= 15 is 0 Å². The molecule has 1 heterocycles. The van der Waals surface area contributed by atoms with Crippen molar-refractivity contribution in [3.8, 4) is 0 Å². The second kappa shape index (κ2) is 7.41. The molecule has 2 rings (SSSR count). The van der Waals surface area contributed by atoms with Crippen LogP contribution in [0.15, 0.2) is 18.2 Å². The molecule has 0 aliphatic heterocycles. The van der Waals surface area contributed by atoms with Gasteiger partial charge in [0.25, 0.3) is 5.91 Å². The van der Waals surface area contributed by atoms with Gasteiger partial charge in [-0.2, -0.15) is 0 Å². The predicted molar refractivity (Wildman–Crippen MR) is 87.0 cm³/mol. The van der Waals surface area contributed by atoms with E-state index in [4.69, 9.17) is 0 Å². The molecule has 7 heteroatoms. The van der Waals surface area contributed by atoms with Gasteiger partial charge in [0, 0.05) is 4.88 Å². The summed E-state index contributed by atoms with van der Waals surface area (Å²) in [5.74, 6) is -3.28. The molecule has 1 aliphatic rings. The van der Waals surface area contributed by atoms with Crippen LogP contribution in [0.4, 0.5) is 0 Å². The first kappa shape index (κ1) is 17.2. The standard InChI is InChI=1S/C16H20N2O4S/c1-3-12-9(2)8-13(23-12)15(20)18-17-14(19)10-6-4-5-7-11(10)16(21)22/h4-5,8,10-11H,3,6-7H2,1-2H3,(H,17,19)(H,18,20)(H,21,22)/t10-,11+/m1/s1. The molecule has 1 aliphatic carbocycles. The zero-order chi connectivity index (χ0) is 17.0. The van der Waals surface area contributed by atoms with Gasteiger partial charge in [0.2, 0.25) is 5.91 Å². The largest absolute Gasteiger partial charge is 0.481 e. The van der Waals surface area contributed by atoms with Crippen molar-refractivity contribution in [3.63, 3.8) is 0 Å². The van der Waals surface area contributed by atoms with Gasteiger partial charge in [-0.15, -0.1) is 11.3 Å². The van der Waals surface area contributed by atoms with Gasteiger partial charge in [-0.05, 0) is 37.8 Å². The Kier molecular flexibility index (Phi) is 5.54. The van der Waals surface area contributed by atoms with Crippen molar-refractivity contribution in [2.45, 2.75) is 33.1 Å². The molecule has 0 bridgehead atoms. The molecule has 0 spiro atoms. The Bertz CT molecular complexity index is 651. The number of aliphatic carboxylic acids is 1. The Morgan fingerprint density at radius 2 is 1.87 bits per heavy atom. The highest BCUT2D eigenvalue weighted by Gasteiger charge is 2.34. The van der Waals surface area contributed by atoms with Gasteiger partial charge in [-0.25, -0.2) is 0 Å². The van der Waals surface area contributed by atoms with Crippen molar-refractivity contribution in [3.05, 3.63) is 33.5 Å². The van der Waals surface area contributed by atoms with E-state index in [-0.39, 0.29) is 5.91 Å². The Hall–Kier alpha value is -2.15. The summed E-state index contributed by atoms with van der Waals surface area (Å²) in [6, 6.07) is 1.79. The molecule has 3 N–H and O–H groups in total. The molecule has 0 saturated heterocycles. The molecular weight excluding hydrogens is 316 g/mol. The van der Waals surface area contributed by atoms with Crippen LogP contribution in [0.3, 0.4) is 0 Å². The van der Waals surface area contributed by atoms with E-state index in [1.54, 1.807) is 18.2 Å². The second-order valence-electron chi connectivity index (χ2n) is 5.51. The summed E-state index contributed by atoms with van der Waals surface area (Å²) in [6.45, 7) is 3.96. The Labute approximate surface area is 138 Å². The summed E-state index contributed by atoms with van der Waals surface area (Å²) < 4.78 is 0.